The number of nitrogen functional groups attached to an aromatic ring is 1. The topological polar surface area (TPSA) is 74.2 Å². The Hall–Kier alpha value is -1.95. The second kappa shape index (κ2) is 4.38. The van der Waals surface area contributed by atoms with Crippen LogP contribution in [0.25, 0.3) is 11.5 Å². The van der Waals surface area contributed by atoms with Crippen LogP contribution in [0, 0.1) is 5.82 Å². The highest BCUT2D eigenvalue weighted by Gasteiger charge is 2.24. The molecule has 94 valence electrons. The van der Waals surface area contributed by atoms with Crippen molar-refractivity contribution in [3.8, 4) is 11.5 Å². The Morgan fingerprint density at radius 3 is 3.06 bits per heavy atom. The lowest BCUT2D eigenvalue weighted by molar-refractivity contribution is 0.192. The van der Waals surface area contributed by atoms with E-state index >= 15 is 0 Å². The summed E-state index contributed by atoms with van der Waals surface area (Å²) in [5, 5.41) is 3.87. The predicted octanol–water partition coefficient (Wildman–Crippen LogP) is 1.96. The molecule has 2 aromatic rings. The van der Waals surface area contributed by atoms with E-state index in [-0.39, 0.29) is 17.4 Å². The normalized spacial score (nSPS) is 19.3. The lowest BCUT2D eigenvalue weighted by atomic mass is 10.1. The highest BCUT2D eigenvalue weighted by molar-refractivity contribution is 5.60. The maximum atomic E-state index is 13.6. The van der Waals surface area contributed by atoms with Gasteiger partial charge in [0, 0.05) is 18.2 Å². The molecule has 0 radical (unpaired) electrons. The minimum atomic E-state index is -0.429. The molecule has 1 aliphatic heterocycles. The minimum absolute atomic E-state index is 0.131. The highest BCUT2D eigenvalue weighted by Crippen LogP contribution is 2.27. The van der Waals surface area contributed by atoms with Crippen LogP contribution in [0.5, 0.6) is 0 Å². The third-order valence-electron chi connectivity index (χ3n) is 2.96. The molecule has 3 rings (SSSR count). The summed E-state index contributed by atoms with van der Waals surface area (Å²) in [7, 11) is 0. The molecule has 18 heavy (non-hydrogen) atoms. The van der Waals surface area contributed by atoms with E-state index in [1.165, 1.54) is 18.2 Å². The molecule has 1 aromatic carbocycles. The molecule has 1 unspecified atom stereocenters. The van der Waals surface area contributed by atoms with Crippen LogP contribution >= 0.6 is 0 Å². The van der Waals surface area contributed by atoms with Crippen LogP contribution in [-0.4, -0.2) is 23.4 Å². The Balaban J connectivity index is 1.94. The maximum Gasteiger partial charge on any atom is 0.260 e. The number of hydrogen-bond donors (Lipinski definition) is 1. The van der Waals surface area contributed by atoms with Crippen LogP contribution in [0.3, 0.4) is 0 Å². The van der Waals surface area contributed by atoms with Gasteiger partial charge in [-0.3, -0.25) is 0 Å². The number of nitrogens with two attached hydrogens (primary N) is 1. The van der Waals surface area contributed by atoms with E-state index in [0.717, 1.165) is 6.42 Å². The van der Waals surface area contributed by atoms with E-state index in [4.69, 9.17) is 15.0 Å². The predicted molar refractivity (Wildman–Crippen MR) is 62.3 cm³/mol. The van der Waals surface area contributed by atoms with Gasteiger partial charge in [-0.05, 0) is 24.6 Å². The van der Waals surface area contributed by atoms with Crippen molar-refractivity contribution in [2.24, 2.45) is 0 Å². The molecule has 1 aliphatic rings. The third-order valence-corrected chi connectivity index (χ3v) is 2.96. The van der Waals surface area contributed by atoms with Crippen molar-refractivity contribution < 1.29 is 13.7 Å². The average molecular weight is 249 g/mol. The number of nitrogens with zero attached hydrogens (tertiary/aromatic N) is 2. The van der Waals surface area contributed by atoms with Crippen LogP contribution in [0.1, 0.15) is 18.2 Å². The van der Waals surface area contributed by atoms with Gasteiger partial charge in [-0.2, -0.15) is 4.98 Å². The van der Waals surface area contributed by atoms with Gasteiger partial charge in [0.2, 0.25) is 0 Å². The van der Waals surface area contributed by atoms with E-state index in [9.17, 15) is 4.39 Å². The van der Waals surface area contributed by atoms with E-state index in [2.05, 4.69) is 10.1 Å². The highest BCUT2D eigenvalue weighted by atomic mass is 19.1. The maximum absolute atomic E-state index is 13.6. The third kappa shape index (κ3) is 1.95. The van der Waals surface area contributed by atoms with E-state index in [0.29, 0.717) is 24.7 Å². The van der Waals surface area contributed by atoms with Gasteiger partial charge in [0.1, 0.15) is 5.82 Å². The van der Waals surface area contributed by atoms with Crippen molar-refractivity contribution in [3.63, 3.8) is 0 Å². The van der Waals surface area contributed by atoms with Gasteiger partial charge in [-0.15, -0.1) is 0 Å². The first-order valence-electron chi connectivity index (χ1n) is 5.71. The second-order valence-electron chi connectivity index (χ2n) is 4.26. The summed E-state index contributed by atoms with van der Waals surface area (Å²) in [6.45, 7) is 1.28. The molecular weight excluding hydrogens is 237 g/mol. The first kappa shape index (κ1) is 11.2. The van der Waals surface area contributed by atoms with Crippen molar-refractivity contribution in [3.05, 3.63) is 29.8 Å². The van der Waals surface area contributed by atoms with Crippen molar-refractivity contribution in [1.29, 1.82) is 0 Å². The van der Waals surface area contributed by atoms with Crippen molar-refractivity contribution in [2.45, 2.75) is 12.3 Å². The standard InChI is InChI=1S/C12H12FN3O2/c13-10-2-1-8(14)5-9(10)12-15-11(16-18-12)7-3-4-17-6-7/h1-2,5,7H,3-4,6,14H2. The Kier molecular flexibility index (Phi) is 2.71. The summed E-state index contributed by atoms with van der Waals surface area (Å²) in [5.74, 6) is 0.416. The van der Waals surface area contributed by atoms with Crippen LogP contribution in [0.15, 0.2) is 22.7 Å². The fourth-order valence-corrected chi connectivity index (χ4v) is 1.96. The molecule has 6 heteroatoms. The number of ether oxygens (including phenoxy) is 1. The van der Waals surface area contributed by atoms with Gasteiger partial charge < -0.3 is 15.0 Å². The zero-order chi connectivity index (χ0) is 12.5. The van der Waals surface area contributed by atoms with Crippen molar-refractivity contribution in [1.82, 2.24) is 10.1 Å². The number of anilines is 1. The van der Waals surface area contributed by atoms with Crippen molar-refractivity contribution in [2.75, 3.05) is 18.9 Å². The molecule has 0 bridgehead atoms. The van der Waals surface area contributed by atoms with Crippen LogP contribution in [0.4, 0.5) is 10.1 Å². The summed E-state index contributed by atoms with van der Waals surface area (Å²) in [6.07, 6.45) is 0.860. The smallest absolute Gasteiger partial charge is 0.260 e. The molecular formula is C12H12FN3O2. The number of benzene rings is 1. The summed E-state index contributed by atoms with van der Waals surface area (Å²) >= 11 is 0. The number of hydrogen-bond acceptors (Lipinski definition) is 5. The largest absolute Gasteiger partial charge is 0.399 e. The Morgan fingerprint density at radius 2 is 2.28 bits per heavy atom. The molecule has 0 saturated carbocycles. The summed E-state index contributed by atoms with van der Waals surface area (Å²) in [5.41, 5.74) is 6.30. The molecule has 2 heterocycles. The fourth-order valence-electron chi connectivity index (χ4n) is 1.96. The first-order chi connectivity index (χ1) is 8.74. The number of halogens is 1. The molecule has 0 aliphatic carbocycles. The number of aromatic nitrogens is 2. The zero-order valence-corrected chi connectivity index (χ0v) is 9.60. The summed E-state index contributed by atoms with van der Waals surface area (Å²) < 4.78 is 24.0. The molecule has 1 saturated heterocycles. The van der Waals surface area contributed by atoms with Crippen molar-refractivity contribution >= 4 is 5.69 Å². The molecule has 0 amide bonds. The average Bonchev–Trinajstić information content (AvgIpc) is 3.00. The SMILES string of the molecule is Nc1ccc(F)c(-c2nc(C3CCOC3)no2)c1. The van der Waals surface area contributed by atoms with E-state index < -0.39 is 5.82 Å². The lowest BCUT2D eigenvalue weighted by Gasteiger charge is -1.99. The van der Waals surface area contributed by atoms with Gasteiger partial charge in [0.05, 0.1) is 12.2 Å². The molecule has 1 fully saturated rings. The van der Waals surface area contributed by atoms with Crippen LogP contribution in [0.2, 0.25) is 0 Å². The van der Waals surface area contributed by atoms with Gasteiger partial charge in [-0.1, -0.05) is 5.16 Å². The summed E-state index contributed by atoms with van der Waals surface area (Å²) in [4.78, 5) is 4.21. The molecule has 1 aromatic heterocycles. The minimum Gasteiger partial charge on any atom is -0.399 e. The van der Waals surface area contributed by atoms with Gasteiger partial charge in [0.15, 0.2) is 5.82 Å². The quantitative estimate of drug-likeness (QED) is 0.823. The molecule has 0 spiro atoms. The monoisotopic (exact) mass is 249 g/mol. The number of rotatable bonds is 2. The zero-order valence-electron chi connectivity index (χ0n) is 9.60. The fraction of sp³-hybridized carbons (Fsp3) is 0.333. The summed E-state index contributed by atoms with van der Waals surface area (Å²) in [6, 6.07) is 4.26. The van der Waals surface area contributed by atoms with Crippen LogP contribution < -0.4 is 5.73 Å². The van der Waals surface area contributed by atoms with Gasteiger partial charge >= 0.3 is 0 Å². The van der Waals surface area contributed by atoms with Gasteiger partial charge in [-0.25, -0.2) is 4.39 Å². The Morgan fingerprint density at radius 1 is 1.39 bits per heavy atom. The van der Waals surface area contributed by atoms with E-state index in [1.54, 1.807) is 0 Å². The Labute approximate surface area is 103 Å². The Bertz CT molecular complexity index is 564. The van der Waals surface area contributed by atoms with E-state index in [1.807, 2.05) is 0 Å². The lowest BCUT2D eigenvalue weighted by Crippen LogP contribution is -1.99. The molecule has 5 nitrogen and oxygen atoms in total. The van der Waals surface area contributed by atoms with Crippen LogP contribution in [-0.2, 0) is 4.74 Å². The molecule has 1 atom stereocenters. The van der Waals surface area contributed by atoms with Gasteiger partial charge in [0.25, 0.3) is 5.89 Å². The molecule has 2 N–H and O–H groups in total. The second-order valence-corrected chi connectivity index (χ2v) is 4.26. The first-order valence-corrected chi connectivity index (χ1v) is 5.71.